The van der Waals surface area contributed by atoms with Crippen LogP contribution in [0.1, 0.15) is 17.5 Å². The lowest BCUT2D eigenvalue weighted by Crippen LogP contribution is -2.01. The Bertz CT molecular complexity index is 673. The minimum atomic E-state index is -0.774. The van der Waals surface area contributed by atoms with Crippen LogP contribution in [0.25, 0.3) is 0 Å². The topological polar surface area (TPSA) is 58.6 Å². The number of methoxy groups -OCH3 is 1. The molecule has 122 valence electrons. The molecule has 0 fully saturated rings. The van der Waals surface area contributed by atoms with E-state index in [1.807, 2.05) is 36.6 Å². The number of benzene rings is 2. The van der Waals surface area contributed by atoms with E-state index in [1.165, 1.54) is 0 Å². The molecule has 2 aromatic carbocycles. The van der Waals surface area contributed by atoms with Gasteiger partial charge in [-0.05, 0) is 48.1 Å². The van der Waals surface area contributed by atoms with Gasteiger partial charge >= 0.3 is 5.97 Å². The average Bonchev–Trinajstić information content (AvgIpc) is 2.58. The minimum Gasteiger partial charge on any atom is -0.496 e. The van der Waals surface area contributed by atoms with Crippen LogP contribution in [0, 0.1) is 0 Å². The zero-order valence-corrected chi connectivity index (χ0v) is 14.2. The lowest BCUT2D eigenvalue weighted by molar-refractivity contribution is -0.136. The van der Waals surface area contributed by atoms with Crippen LogP contribution < -0.4 is 10.1 Å². The second-order valence-electron chi connectivity index (χ2n) is 5.14. The van der Waals surface area contributed by atoms with Crippen LogP contribution in [0.15, 0.2) is 47.4 Å². The molecule has 4 nitrogen and oxygen atoms in total. The Balaban J connectivity index is 2.00. The molecule has 0 aliphatic rings. The number of aliphatic carboxylic acids is 1. The third-order valence-electron chi connectivity index (χ3n) is 3.50. The van der Waals surface area contributed by atoms with Crippen molar-refractivity contribution in [1.82, 2.24) is 0 Å². The normalized spacial score (nSPS) is 10.3. The summed E-state index contributed by atoms with van der Waals surface area (Å²) in [5, 5.41) is 12.1. The molecular formula is C18H21NO3S. The van der Waals surface area contributed by atoms with Crippen molar-refractivity contribution in [1.29, 1.82) is 0 Å². The largest absolute Gasteiger partial charge is 0.496 e. The van der Waals surface area contributed by atoms with E-state index in [4.69, 9.17) is 9.84 Å². The summed E-state index contributed by atoms with van der Waals surface area (Å²) in [6, 6.07) is 14.0. The van der Waals surface area contributed by atoms with Crippen LogP contribution in [0.5, 0.6) is 5.75 Å². The SMILES string of the molecule is COc1cc(CNc2cccc(CCC(=O)O)c2)ccc1SC. The third-order valence-corrected chi connectivity index (χ3v) is 4.28. The van der Waals surface area contributed by atoms with E-state index >= 15 is 0 Å². The molecule has 0 unspecified atom stereocenters. The number of hydrogen-bond donors (Lipinski definition) is 2. The monoisotopic (exact) mass is 331 g/mol. The molecule has 0 aromatic heterocycles. The van der Waals surface area contributed by atoms with Crippen LogP contribution in [0.2, 0.25) is 0 Å². The van der Waals surface area contributed by atoms with E-state index in [9.17, 15) is 4.79 Å². The van der Waals surface area contributed by atoms with Crippen molar-refractivity contribution in [2.45, 2.75) is 24.3 Å². The predicted molar refractivity (Wildman–Crippen MR) is 94.5 cm³/mol. The summed E-state index contributed by atoms with van der Waals surface area (Å²) in [7, 11) is 1.68. The fourth-order valence-electron chi connectivity index (χ4n) is 2.28. The van der Waals surface area contributed by atoms with Gasteiger partial charge in [-0.2, -0.15) is 0 Å². The summed E-state index contributed by atoms with van der Waals surface area (Å²) in [5.41, 5.74) is 3.14. The van der Waals surface area contributed by atoms with Crippen LogP contribution in [0.3, 0.4) is 0 Å². The number of anilines is 1. The molecule has 0 amide bonds. The number of hydrogen-bond acceptors (Lipinski definition) is 4. The summed E-state index contributed by atoms with van der Waals surface area (Å²) in [5.74, 6) is 0.108. The predicted octanol–water partition coefficient (Wildman–Crippen LogP) is 4.05. The quantitative estimate of drug-likeness (QED) is 0.715. The Morgan fingerprint density at radius 3 is 2.74 bits per heavy atom. The first-order valence-corrected chi connectivity index (χ1v) is 8.60. The highest BCUT2D eigenvalue weighted by Gasteiger charge is 2.04. The highest BCUT2D eigenvalue weighted by molar-refractivity contribution is 7.98. The van der Waals surface area contributed by atoms with E-state index in [0.29, 0.717) is 13.0 Å². The van der Waals surface area contributed by atoms with Gasteiger partial charge in [0.05, 0.1) is 7.11 Å². The van der Waals surface area contributed by atoms with Gasteiger partial charge < -0.3 is 15.2 Å². The zero-order valence-electron chi connectivity index (χ0n) is 13.3. The molecule has 2 aromatic rings. The second-order valence-corrected chi connectivity index (χ2v) is 5.99. The molecule has 2 N–H and O–H groups in total. The van der Waals surface area contributed by atoms with E-state index in [0.717, 1.165) is 27.5 Å². The Morgan fingerprint density at radius 1 is 1.22 bits per heavy atom. The average molecular weight is 331 g/mol. The molecule has 5 heteroatoms. The summed E-state index contributed by atoms with van der Waals surface area (Å²) in [4.78, 5) is 11.8. The highest BCUT2D eigenvalue weighted by Crippen LogP contribution is 2.28. The maximum atomic E-state index is 10.7. The molecule has 0 bridgehead atoms. The van der Waals surface area contributed by atoms with Gasteiger partial charge in [-0.3, -0.25) is 4.79 Å². The number of carbonyl (C=O) groups is 1. The maximum Gasteiger partial charge on any atom is 0.303 e. The van der Waals surface area contributed by atoms with Crippen LogP contribution in [0.4, 0.5) is 5.69 Å². The van der Waals surface area contributed by atoms with Gasteiger partial charge in [-0.25, -0.2) is 0 Å². The molecule has 0 atom stereocenters. The summed E-state index contributed by atoms with van der Waals surface area (Å²) in [6.45, 7) is 0.688. The molecule has 0 aliphatic heterocycles. The molecule has 0 aliphatic carbocycles. The molecule has 23 heavy (non-hydrogen) atoms. The second kappa shape index (κ2) is 8.48. The first-order valence-electron chi connectivity index (χ1n) is 7.38. The van der Waals surface area contributed by atoms with Gasteiger partial charge in [0.25, 0.3) is 0 Å². The maximum absolute atomic E-state index is 10.7. The first kappa shape index (κ1) is 17.2. The number of carboxylic acid groups (broad SMARTS) is 1. The molecule has 0 saturated carbocycles. The Labute approximate surface area is 140 Å². The van der Waals surface area contributed by atoms with Crippen molar-refractivity contribution < 1.29 is 14.6 Å². The van der Waals surface area contributed by atoms with Crippen LogP contribution in [-0.2, 0) is 17.8 Å². The van der Waals surface area contributed by atoms with E-state index in [2.05, 4.69) is 17.4 Å². The van der Waals surface area contributed by atoms with Crippen molar-refractivity contribution in [3.8, 4) is 5.75 Å². The standard InChI is InChI=1S/C18H21NO3S/c1-22-16-11-14(6-8-17(16)23-2)12-19-15-5-3-4-13(10-15)7-9-18(20)21/h3-6,8,10-11,19H,7,9,12H2,1-2H3,(H,20,21). The lowest BCUT2D eigenvalue weighted by Gasteiger charge is -2.11. The van der Waals surface area contributed by atoms with E-state index in [-0.39, 0.29) is 6.42 Å². The minimum absolute atomic E-state index is 0.150. The van der Waals surface area contributed by atoms with Gasteiger partial charge in [-0.15, -0.1) is 11.8 Å². The van der Waals surface area contributed by atoms with E-state index in [1.54, 1.807) is 18.9 Å². The van der Waals surface area contributed by atoms with Gasteiger partial charge in [0, 0.05) is 23.5 Å². The third kappa shape index (κ3) is 5.21. The number of rotatable bonds is 8. The number of thioether (sulfide) groups is 1. The Hall–Kier alpha value is -2.14. The lowest BCUT2D eigenvalue weighted by atomic mass is 10.1. The van der Waals surface area contributed by atoms with Gasteiger partial charge in [0.1, 0.15) is 5.75 Å². The summed E-state index contributed by atoms with van der Waals surface area (Å²) < 4.78 is 5.40. The highest BCUT2D eigenvalue weighted by atomic mass is 32.2. The van der Waals surface area contributed by atoms with Crippen molar-refractivity contribution in [3.63, 3.8) is 0 Å². The molecule has 2 rings (SSSR count). The van der Waals surface area contributed by atoms with Gasteiger partial charge in [0.15, 0.2) is 0 Å². The fourth-order valence-corrected chi connectivity index (χ4v) is 2.83. The molecular weight excluding hydrogens is 310 g/mol. The van der Waals surface area contributed by atoms with Crippen molar-refractivity contribution in [3.05, 3.63) is 53.6 Å². The zero-order chi connectivity index (χ0) is 16.7. The smallest absolute Gasteiger partial charge is 0.303 e. The van der Waals surface area contributed by atoms with E-state index < -0.39 is 5.97 Å². The van der Waals surface area contributed by atoms with Crippen molar-refractivity contribution in [2.75, 3.05) is 18.7 Å². The summed E-state index contributed by atoms with van der Waals surface area (Å²) in [6.07, 6.45) is 2.72. The Kier molecular flexibility index (Phi) is 6.35. The number of ether oxygens (including phenoxy) is 1. The fraction of sp³-hybridized carbons (Fsp3) is 0.278. The van der Waals surface area contributed by atoms with Crippen LogP contribution >= 0.6 is 11.8 Å². The Morgan fingerprint density at radius 2 is 2.04 bits per heavy atom. The molecule has 0 spiro atoms. The van der Waals surface area contributed by atoms with Crippen LogP contribution in [-0.4, -0.2) is 24.4 Å². The van der Waals surface area contributed by atoms with Crippen molar-refractivity contribution >= 4 is 23.4 Å². The van der Waals surface area contributed by atoms with Crippen molar-refractivity contribution in [2.24, 2.45) is 0 Å². The van der Waals surface area contributed by atoms with Gasteiger partial charge in [-0.1, -0.05) is 18.2 Å². The number of nitrogens with one attached hydrogen (secondary N) is 1. The molecule has 0 saturated heterocycles. The van der Waals surface area contributed by atoms with Gasteiger partial charge in [0.2, 0.25) is 0 Å². The first-order chi connectivity index (χ1) is 11.1. The number of aryl methyl sites for hydroxylation is 1. The number of carboxylic acids is 1. The summed E-state index contributed by atoms with van der Waals surface area (Å²) >= 11 is 1.66. The molecule has 0 radical (unpaired) electrons. The molecule has 0 heterocycles.